The van der Waals surface area contributed by atoms with Crippen LogP contribution in [0.15, 0.2) is 49.2 Å². The van der Waals surface area contributed by atoms with Gasteiger partial charge < -0.3 is 5.32 Å². The summed E-state index contributed by atoms with van der Waals surface area (Å²) in [5.74, 6) is 0. The molecule has 0 unspecified atom stereocenters. The highest BCUT2D eigenvalue weighted by molar-refractivity contribution is 5.48. The fourth-order valence-corrected chi connectivity index (χ4v) is 1.63. The Hall–Kier alpha value is -2.83. The summed E-state index contributed by atoms with van der Waals surface area (Å²) in [6.45, 7) is 0.659. The molecule has 3 rings (SSSR count). The monoisotopic (exact) mass is 253 g/mol. The smallest absolute Gasteiger partial charge is 0.143 e. The van der Waals surface area contributed by atoms with Crippen LogP contribution in [0.4, 0.5) is 5.69 Å². The Morgan fingerprint density at radius 1 is 1.11 bits per heavy atom. The van der Waals surface area contributed by atoms with Crippen LogP contribution in [0.1, 0.15) is 5.69 Å². The molecule has 94 valence electrons. The number of benzene rings is 1. The second-order valence-electron chi connectivity index (χ2n) is 3.86. The SMILES string of the molecule is c1cc(CNc2ccc(-n3cnnn3)cc2)ncn1. The van der Waals surface area contributed by atoms with E-state index in [0.29, 0.717) is 6.54 Å². The zero-order chi connectivity index (χ0) is 12.9. The van der Waals surface area contributed by atoms with E-state index in [-0.39, 0.29) is 0 Å². The molecular weight excluding hydrogens is 242 g/mol. The number of hydrogen-bond donors (Lipinski definition) is 1. The summed E-state index contributed by atoms with van der Waals surface area (Å²) in [4.78, 5) is 8.03. The fourth-order valence-electron chi connectivity index (χ4n) is 1.63. The first-order valence-electron chi connectivity index (χ1n) is 5.74. The zero-order valence-electron chi connectivity index (χ0n) is 10.0. The van der Waals surface area contributed by atoms with Crippen molar-refractivity contribution in [3.63, 3.8) is 0 Å². The average molecular weight is 253 g/mol. The van der Waals surface area contributed by atoms with Gasteiger partial charge >= 0.3 is 0 Å². The summed E-state index contributed by atoms with van der Waals surface area (Å²) < 4.78 is 1.61. The summed E-state index contributed by atoms with van der Waals surface area (Å²) in [6, 6.07) is 9.70. The molecule has 0 saturated heterocycles. The molecule has 0 radical (unpaired) electrons. The lowest BCUT2D eigenvalue weighted by Gasteiger charge is -2.06. The fraction of sp³-hybridized carbons (Fsp3) is 0.0833. The van der Waals surface area contributed by atoms with Crippen molar-refractivity contribution in [2.24, 2.45) is 0 Å². The molecular formula is C12H11N7. The molecule has 0 atom stereocenters. The van der Waals surface area contributed by atoms with Gasteiger partial charge in [0.15, 0.2) is 0 Å². The molecule has 1 aromatic carbocycles. The third-order valence-corrected chi connectivity index (χ3v) is 2.60. The Labute approximate surface area is 109 Å². The second-order valence-corrected chi connectivity index (χ2v) is 3.86. The van der Waals surface area contributed by atoms with Crippen molar-refractivity contribution in [3.8, 4) is 5.69 Å². The molecule has 1 N–H and O–H groups in total. The molecule has 7 nitrogen and oxygen atoms in total. The Bertz CT molecular complexity index is 619. The van der Waals surface area contributed by atoms with E-state index in [4.69, 9.17) is 0 Å². The van der Waals surface area contributed by atoms with Gasteiger partial charge in [-0.25, -0.2) is 14.6 Å². The van der Waals surface area contributed by atoms with Crippen LogP contribution in [0.25, 0.3) is 5.69 Å². The molecule has 0 bridgehead atoms. The van der Waals surface area contributed by atoms with Crippen LogP contribution in [-0.2, 0) is 6.54 Å². The zero-order valence-corrected chi connectivity index (χ0v) is 10.0. The lowest BCUT2D eigenvalue weighted by Crippen LogP contribution is -2.02. The lowest BCUT2D eigenvalue weighted by atomic mass is 10.2. The highest BCUT2D eigenvalue weighted by Gasteiger charge is 1.98. The third kappa shape index (κ3) is 2.71. The Balaban J connectivity index is 1.67. The van der Waals surface area contributed by atoms with E-state index in [1.165, 1.54) is 6.33 Å². The van der Waals surface area contributed by atoms with Gasteiger partial charge in [-0.05, 0) is 40.8 Å². The summed E-state index contributed by atoms with van der Waals surface area (Å²) in [5, 5.41) is 14.3. The van der Waals surface area contributed by atoms with Crippen molar-refractivity contribution in [2.45, 2.75) is 6.54 Å². The third-order valence-electron chi connectivity index (χ3n) is 2.60. The lowest BCUT2D eigenvalue weighted by molar-refractivity contribution is 0.789. The van der Waals surface area contributed by atoms with Gasteiger partial charge in [0.2, 0.25) is 0 Å². The maximum absolute atomic E-state index is 4.15. The van der Waals surface area contributed by atoms with Crippen LogP contribution in [0.2, 0.25) is 0 Å². The van der Waals surface area contributed by atoms with Crippen molar-refractivity contribution >= 4 is 5.69 Å². The number of anilines is 1. The molecule has 0 aliphatic heterocycles. The van der Waals surface area contributed by atoms with E-state index in [9.17, 15) is 0 Å². The number of hydrogen-bond acceptors (Lipinski definition) is 6. The molecule has 7 heteroatoms. The first kappa shape index (κ1) is 11.3. The van der Waals surface area contributed by atoms with Crippen LogP contribution in [0.5, 0.6) is 0 Å². The van der Waals surface area contributed by atoms with E-state index in [1.807, 2.05) is 30.3 Å². The van der Waals surface area contributed by atoms with Gasteiger partial charge in [0.05, 0.1) is 17.9 Å². The molecule has 0 aliphatic carbocycles. The van der Waals surface area contributed by atoms with Gasteiger partial charge in [-0.3, -0.25) is 0 Å². The highest BCUT2D eigenvalue weighted by Crippen LogP contribution is 2.12. The van der Waals surface area contributed by atoms with E-state index in [0.717, 1.165) is 17.1 Å². The predicted molar refractivity (Wildman–Crippen MR) is 68.5 cm³/mol. The van der Waals surface area contributed by atoms with Crippen LogP contribution in [-0.4, -0.2) is 30.2 Å². The first-order chi connectivity index (χ1) is 9.42. The summed E-state index contributed by atoms with van der Waals surface area (Å²) in [6.07, 6.45) is 4.83. The standard InChI is InChI=1S/C12H11N7/c1-3-12(19-9-16-17-18-19)4-2-10(1)14-7-11-5-6-13-8-15-11/h1-6,8-9,14H,7H2. The van der Waals surface area contributed by atoms with Gasteiger partial charge in [0.25, 0.3) is 0 Å². The summed E-state index contributed by atoms with van der Waals surface area (Å²) in [7, 11) is 0. The Kier molecular flexibility index (Phi) is 3.09. The van der Waals surface area contributed by atoms with Crippen LogP contribution in [0.3, 0.4) is 0 Å². The van der Waals surface area contributed by atoms with Crippen molar-refractivity contribution in [1.29, 1.82) is 0 Å². The van der Waals surface area contributed by atoms with Gasteiger partial charge in [-0.2, -0.15) is 0 Å². The molecule has 0 aliphatic rings. The Morgan fingerprint density at radius 3 is 2.68 bits per heavy atom. The molecule has 2 heterocycles. The normalized spacial score (nSPS) is 10.3. The average Bonchev–Trinajstić information content (AvgIpc) is 3.01. The van der Waals surface area contributed by atoms with Gasteiger partial charge in [0, 0.05) is 11.9 Å². The van der Waals surface area contributed by atoms with Gasteiger partial charge in [0.1, 0.15) is 12.7 Å². The van der Waals surface area contributed by atoms with Crippen LogP contribution < -0.4 is 5.32 Å². The molecule has 2 aromatic heterocycles. The van der Waals surface area contributed by atoms with E-state index in [2.05, 4.69) is 30.8 Å². The van der Waals surface area contributed by atoms with Crippen molar-refractivity contribution < 1.29 is 0 Å². The number of aromatic nitrogens is 6. The maximum atomic E-state index is 4.15. The second kappa shape index (κ2) is 5.21. The van der Waals surface area contributed by atoms with Gasteiger partial charge in [-0.1, -0.05) is 0 Å². The molecule has 0 saturated carbocycles. The first-order valence-corrected chi connectivity index (χ1v) is 5.74. The number of rotatable bonds is 4. The minimum absolute atomic E-state index is 0.659. The molecule has 3 aromatic rings. The number of nitrogens with zero attached hydrogens (tertiary/aromatic N) is 6. The van der Waals surface area contributed by atoms with Crippen LogP contribution in [0, 0.1) is 0 Å². The van der Waals surface area contributed by atoms with Crippen molar-refractivity contribution in [2.75, 3.05) is 5.32 Å². The topological polar surface area (TPSA) is 81.4 Å². The van der Waals surface area contributed by atoms with Crippen LogP contribution >= 0.6 is 0 Å². The molecule has 19 heavy (non-hydrogen) atoms. The number of tetrazole rings is 1. The molecule has 0 fully saturated rings. The van der Waals surface area contributed by atoms with Crippen molar-refractivity contribution in [3.05, 3.63) is 54.9 Å². The molecule has 0 spiro atoms. The quantitative estimate of drug-likeness (QED) is 0.748. The molecule has 0 amide bonds. The van der Waals surface area contributed by atoms with E-state index in [1.54, 1.807) is 17.2 Å². The summed E-state index contributed by atoms with van der Waals surface area (Å²) >= 11 is 0. The predicted octanol–water partition coefficient (Wildman–Crippen LogP) is 1.06. The minimum atomic E-state index is 0.659. The summed E-state index contributed by atoms with van der Waals surface area (Å²) in [5.41, 5.74) is 2.87. The van der Waals surface area contributed by atoms with E-state index < -0.39 is 0 Å². The van der Waals surface area contributed by atoms with Gasteiger partial charge in [-0.15, -0.1) is 5.10 Å². The Morgan fingerprint density at radius 2 is 2.00 bits per heavy atom. The van der Waals surface area contributed by atoms with E-state index >= 15 is 0 Å². The minimum Gasteiger partial charge on any atom is -0.379 e. The maximum Gasteiger partial charge on any atom is 0.143 e. The highest BCUT2D eigenvalue weighted by atomic mass is 15.5. The van der Waals surface area contributed by atoms with Crippen molar-refractivity contribution in [1.82, 2.24) is 30.2 Å². The number of nitrogens with one attached hydrogen (secondary N) is 1. The largest absolute Gasteiger partial charge is 0.379 e.